The summed E-state index contributed by atoms with van der Waals surface area (Å²) in [7, 11) is 0. The van der Waals surface area contributed by atoms with E-state index in [-0.39, 0.29) is 17.4 Å². The summed E-state index contributed by atoms with van der Waals surface area (Å²) in [6.45, 7) is 3.80. The fraction of sp³-hybridized carbons (Fsp3) is 0.143. The Hall–Kier alpha value is -3.19. The lowest BCUT2D eigenvalue weighted by Crippen LogP contribution is -2.06. The SMILES string of the molecule is CC(C)Oc1cc2c(C(=O)O)c(-c3ccc(F)cc3)oc2cc1-c1cncs1. The lowest BCUT2D eigenvalue weighted by molar-refractivity contribution is 0.0699. The molecule has 0 spiro atoms. The van der Waals surface area contributed by atoms with Gasteiger partial charge in [-0.1, -0.05) is 0 Å². The van der Waals surface area contributed by atoms with Crippen molar-refractivity contribution >= 4 is 28.3 Å². The lowest BCUT2D eigenvalue weighted by Gasteiger charge is -2.13. The van der Waals surface area contributed by atoms with Crippen LogP contribution in [0.5, 0.6) is 5.75 Å². The normalized spacial score (nSPS) is 11.3. The molecule has 5 nitrogen and oxygen atoms in total. The van der Waals surface area contributed by atoms with E-state index in [0.29, 0.717) is 22.3 Å². The van der Waals surface area contributed by atoms with Crippen LogP contribution >= 0.6 is 11.3 Å². The van der Waals surface area contributed by atoms with Gasteiger partial charge in [-0.25, -0.2) is 9.18 Å². The highest BCUT2D eigenvalue weighted by atomic mass is 32.1. The molecule has 0 saturated carbocycles. The smallest absolute Gasteiger partial charge is 0.340 e. The highest BCUT2D eigenvalue weighted by Crippen LogP contribution is 2.41. The van der Waals surface area contributed by atoms with E-state index in [2.05, 4.69) is 4.98 Å². The molecule has 0 aliphatic rings. The molecule has 4 rings (SSSR count). The van der Waals surface area contributed by atoms with Crippen molar-refractivity contribution in [2.45, 2.75) is 20.0 Å². The van der Waals surface area contributed by atoms with E-state index in [1.807, 2.05) is 13.8 Å². The highest BCUT2D eigenvalue weighted by molar-refractivity contribution is 7.13. The topological polar surface area (TPSA) is 72.6 Å². The van der Waals surface area contributed by atoms with Crippen molar-refractivity contribution in [2.24, 2.45) is 0 Å². The standard InChI is InChI=1S/C21H16FNO4S/c1-11(2)26-16-8-15-17(7-14(16)18-9-23-10-28-18)27-20(19(15)21(24)25)12-3-5-13(22)6-4-12/h3-11H,1-2H3,(H,24,25). The first-order chi connectivity index (χ1) is 13.4. The number of fused-ring (bicyclic) bond motifs is 1. The summed E-state index contributed by atoms with van der Waals surface area (Å²) >= 11 is 1.45. The summed E-state index contributed by atoms with van der Waals surface area (Å²) < 4.78 is 25.1. The number of rotatable bonds is 5. The average Bonchev–Trinajstić information content (AvgIpc) is 3.28. The predicted molar refractivity (Wildman–Crippen MR) is 105 cm³/mol. The van der Waals surface area contributed by atoms with Crippen molar-refractivity contribution in [2.75, 3.05) is 0 Å². The number of ether oxygens (including phenoxy) is 1. The number of carboxylic acid groups (broad SMARTS) is 1. The number of hydrogen-bond donors (Lipinski definition) is 1. The first-order valence-corrected chi connectivity index (χ1v) is 9.47. The summed E-state index contributed by atoms with van der Waals surface area (Å²) in [5.74, 6) is -0.795. The second-order valence-corrected chi connectivity index (χ2v) is 7.38. The van der Waals surface area contributed by atoms with Crippen molar-refractivity contribution in [3.8, 4) is 27.5 Å². The average molecular weight is 397 g/mol. The molecule has 0 amide bonds. The molecule has 2 heterocycles. The number of halogens is 1. The summed E-state index contributed by atoms with van der Waals surface area (Å²) in [6, 6.07) is 8.98. The van der Waals surface area contributed by atoms with Gasteiger partial charge in [0, 0.05) is 22.7 Å². The molecule has 0 unspecified atom stereocenters. The largest absolute Gasteiger partial charge is 0.490 e. The minimum absolute atomic E-state index is 0.0195. The molecule has 2 aromatic heterocycles. The van der Waals surface area contributed by atoms with Crippen LogP contribution in [0.2, 0.25) is 0 Å². The van der Waals surface area contributed by atoms with Crippen LogP contribution in [-0.2, 0) is 0 Å². The first-order valence-electron chi connectivity index (χ1n) is 8.59. The van der Waals surface area contributed by atoms with Crippen molar-refractivity contribution < 1.29 is 23.4 Å². The maximum Gasteiger partial charge on any atom is 0.340 e. The van der Waals surface area contributed by atoms with Gasteiger partial charge in [-0.15, -0.1) is 11.3 Å². The van der Waals surface area contributed by atoms with E-state index >= 15 is 0 Å². The maximum absolute atomic E-state index is 13.3. The number of aromatic nitrogens is 1. The van der Waals surface area contributed by atoms with Crippen molar-refractivity contribution in [3.63, 3.8) is 0 Å². The van der Waals surface area contributed by atoms with E-state index < -0.39 is 11.8 Å². The molecule has 28 heavy (non-hydrogen) atoms. The van der Waals surface area contributed by atoms with Crippen molar-refractivity contribution in [1.29, 1.82) is 0 Å². The van der Waals surface area contributed by atoms with Gasteiger partial charge in [0.25, 0.3) is 0 Å². The third-order valence-electron chi connectivity index (χ3n) is 4.17. The summed E-state index contributed by atoms with van der Waals surface area (Å²) in [4.78, 5) is 17.0. The van der Waals surface area contributed by atoms with Gasteiger partial charge in [0.05, 0.1) is 16.5 Å². The van der Waals surface area contributed by atoms with E-state index in [1.165, 1.54) is 35.6 Å². The molecular weight excluding hydrogens is 381 g/mol. The second kappa shape index (κ2) is 7.09. The molecule has 0 aliphatic heterocycles. The van der Waals surface area contributed by atoms with Crippen LogP contribution in [0.25, 0.3) is 32.7 Å². The molecule has 0 saturated heterocycles. The molecular formula is C21H16FNO4S. The van der Waals surface area contributed by atoms with E-state index in [4.69, 9.17) is 9.15 Å². The Morgan fingerprint density at radius 2 is 2.00 bits per heavy atom. The Labute approximate surface area is 164 Å². The Morgan fingerprint density at radius 1 is 1.25 bits per heavy atom. The summed E-state index contributed by atoms with van der Waals surface area (Å²) in [5, 5.41) is 10.2. The van der Waals surface area contributed by atoms with Gasteiger partial charge >= 0.3 is 5.97 Å². The van der Waals surface area contributed by atoms with Crippen molar-refractivity contribution in [3.05, 3.63) is 59.5 Å². The monoisotopic (exact) mass is 397 g/mol. The molecule has 1 N–H and O–H groups in total. The van der Waals surface area contributed by atoms with Crippen LogP contribution in [0.1, 0.15) is 24.2 Å². The van der Waals surface area contributed by atoms with E-state index in [0.717, 1.165) is 10.4 Å². The highest BCUT2D eigenvalue weighted by Gasteiger charge is 2.24. The number of carboxylic acids is 1. The second-order valence-electron chi connectivity index (χ2n) is 6.50. The third kappa shape index (κ3) is 3.25. The fourth-order valence-corrected chi connectivity index (χ4v) is 3.68. The van der Waals surface area contributed by atoms with E-state index in [9.17, 15) is 14.3 Å². The molecule has 0 fully saturated rings. The number of hydrogen-bond acceptors (Lipinski definition) is 5. The molecule has 2 aromatic carbocycles. The number of nitrogens with zero attached hydrogens (tertiary/aromatic N) is 1. The number of furan rings is 1. The van der Waals surface area contributed by atoms with Crippen LogP contribution in [0, 0.1) is 5.82 Å². The van der Waals surface area contributed by atoms with Crippen LogP contribution in [-0.4, -0.2) is 22.2 Å². The lowest BCUT2D eigenvalue weighted by atomic mass is 10.0. The van der Waals surface area contributed by atoms with Gasteiger partial charge in [-0.3, -0.25) is 4.98 Å². The van der Waals surface area contributed by atoms with Crippen LogP contribution in [0.4, 0.5) is 4.39 Å². The summed E-state index contributed by atoms with van der Waals surface area (Å²) in [5.41, 5.74) is 3.41. The maximum atomic E-state index is 13.3. The first kappa shape index (κ1) is 18.2. The van der Waals surface area contributed by atoms with Crippen molar-refractivity contribution in [1.82, 2.24) is 4.98 Å². The van der Waals surface area contributed by atoms with Crippen LogP contribution < -0.4 is 4.74 Å². The Balaban J connectivity index is 1.99. The molecule has 142 valence electrons. The molecule has 0 radical (unpaired) electrons. The third-order valence-corrected chi connectivity index (χ3v) is 4.98. The Bertz CT molecular complexity index is 1150. The number of carbonyl (C=O) groups is 1. The minimum atomic E-state index is -1.13. The fourth-order valence-electron chi connectivity index (χ4n) is 3.03. The Morgan fingerprint density at radius 3 is 2.61 bits per heavy atom. The number of aromatic carboxylic acids is 1. The molecule has 0 bridgehead atoms. The Kier molecular flexibility index (Phi) is 4.60. The van der Waals surface area contributed by atoms with Crippen LogP contribution in [0.3, 0.4) is 0 Å². The van der Waals surface area contributed by atoms with Gasteiger partial charge < -0.3 is 14.3 Å². The van der Waals surface area contributed by atoms with Gasteiger partial charge in [0.15, 0.2) is 0 Å². The molecule has 4 aromatic rings. The predicted octanol–water partition coefficient (Wildman–Crippen LogP) is 5.85. The van der Waals surface area contributed by atoms with Crippen LogP contribution in [0.15, 0.2) is 52.5 Å². The zero-order valence-corrected chi connectivity index (χ0v) is 15.9. The molecule has 7 heteroatoms. The minimum Gasteiger partial charge on any atom is -0.490 e. The van der Waals surface area contributed by atoms with Gasteiger partial charge in [-0.2, -0.15) is 0 Å². The zero-order valence-electron chi connectivity index (χ0n) is 15.1. The summed E-state index contributed by atoms with van der Waals surface area (Å²) in [6.07, 6.45) is 1.63. The van der Waals surface area contributed by atoms with Gasteiger partial charge in [-0.05, 0) is 50.2 Å². The molecule has 0 aliphatic carbocycles. The quantitative estimate of drug-likeness (QED) is 0.457. The molecule has 0 atom stereocenters. The zero-order chi connectivity index (χ0) is 19.8. The number of thiazole rings is 1. The number of benzene rings is 2. The van der Waals surface area contributed by atoms with Gasteiger partial charge in [0.2, 0.25) is 0 Å². The van der Waals surface area contributed by atoms with Gasteiger partial charge in [0.1, 0.15) is 28.5 Å². The van der Waals surface area contributed by atoms with E-state index in [1.54, 1.807) is 23.8 Å².